The van der Waals surface area contributed by atoms with Gasteiger partial charge in [0.15, 0.2) is 0 Å². The van der Waals surface area contributed by atoms with Gasteiger partial charge in [-0.3, -0.25) is 0 Å². The molecule has 0 bridgehead atoms. The van der Waals surface area contributed by atoms with Crippen molar-refractivity contribution in [3.63, 3.8) is 0 Å². The fourth-order valence-corrected chi connectivity index (χ4v) is 2.05. The van der Waals surface area contributed by atoms with Crippen molar-refractivity contribution in [1.29, 1.82) is 0 Å². The Hall–Kier alpha value is -2.04. The second-order valence-corrected chi connectivity index (χ2v) is 5.59. The fraction of sp³-hybridized carbons (Fsp3) is 0.235. The minimum atomic E-state index is -0.316. The Morgan fingerprint density at radius 3 is 2.36 bits per heavy atom. The van der Waals surface area contributed by atoms with Crippen LogP contribution in [0.4, 0.5) is 16.2 Å². The topological polar surface area (TPSA) is 50.4 Å². The second-order valence-electron chi connectivity index (χ2n) is 5.15. The zero-order valence-electron chi connectivity index (χ0n) is 12.6. The highest BCUT2D eigenvalue weighted by atomic mass is 35.5. The van der Waals surface area contributed by atoms with Gasteiger partial charge in [-0.2, -0.15) is 0 Å². The van der Waals surface area contributed by atoms with Crippen LogP contribution in [0.2, 0.25) is 5.02 Å². The lowest BCUT2D eigenvalue weighted by Crippen LogP contribution is -2.19. The Morgan fingerprint density at radius 1 is 1.09 bits per heavy atom. The van der Waals surface area contributed by atoms with E-state index in [0.29, 0.717) is 23.0 Å². The van der Waals surface area contributed by atoms with E-state index >= 15 is 0 Å². The molecule has 0 fully saturated rings. The zero-order valence-corrected chi connectivity index (χ0v) is 13.4. The van der Waals surface area contributed by atoms with Crippen LogP contribution in [-0.4, -0.2) is 12.1 Å². The Balaban J connectivity index is 1.95. The first-order chi connectivity index (χ1) is 10.5. The van der Waals surface area contributed by atoms with Crippen LogP contribution in [0.15, 0.2) is 48.5 Å². The Bertz CT molecular complexity index is 644. The van der Waals surface area contributed by atoms with Crippen LogP contribution in [0.1, 0.15) is 19.4 Å². The molecule has 0 radical (unpaired) electrons. The summed E-state index contributed by atoms with van der Waals surface area (Å²) in [5.41, 5.74) is 2.36. The third-order valence-corrected chi connectivity index (χ3v) is 3.09. The molecule has 2 amide bonds. The number of hydrogen-bond donors (Lipinski definition) is 2. The number of urea groups is 1. The zero-order chi connectivity index (χ0) is 15.9. The standard InChI is InChI=1S/C17H19ClN2O2/c1-12(2)22-11-13-5-3-7-15(9-13)19-17(21)20-16-8-4-6-14(18)10-16/h3-10,12H,11H2,1-2H3,(H2,19,20,21). The molecule has 0 heterocycles. The van der Waals surface area contributed by atoms with E-state index in [1.54, 1.807) is 24.3 Å². The van der Waals surface area contributed by atoms with E-state index in [1.807, 2.05) is 38.1 Å². The smallest absolute Gasteiger partial charge is 0.323 e. The van der Waals surface area contributed by atoms with E-state index in [4.69, 9.17) is 16.3 Å². The third-order valence-electron chi connectivity index (χ3n) is 2.85. The quantitative estimate of drug-likeness (QED) is 0.823. The van der Waals surface area contributed by atoms with Crippen LogP contribution in [0.5, 0.6) is 0 Å². The van der Waals surface area contributed by atoms with Gasteiger partial charge in [-0.05, 0) is 49.7 Å². The minimum Gasteiger partial charge on any atom is -0.374 e. The SMILES string of the molecule is CC(C)OCc1cccc(NC(=O)Nc2cccc(Cl)c2)c1. The van der Waals surface area contributed by atoms with Gasteiger partial charge >= 0.3 is 6.03 Å². The van der Waals surface area contributed by atoms with Crippen LogP contribution < -0.4 is 10.6 Å². The lowest BCUT2D eigenvalue weighted by Gasteiger charge is -2.11. The van der Waals surface area contributed by atoms with Gasteiger partial charge in [0.25, 0.3) is 0 Å². The predicted molar refractivity (Wildman–Crippen MR) is 90.5 cm³/mol. The highest BCUT2D eigenvalue weighted by molar-refractivity contribution is 6.30. The van der Waals surface area contributed by atoms with Crippen molar-refractivity contribution in [2.75, 3.05) is 10.6 Å². The van der Waals surface area contributed by atoms with Gasteiger partial charge in [0.2, 0.25) is 0 Å². The molecule has 2 aromatic carbocycles. The largest absolute Gasteiger partial charge is 0.374 e. The molecule has 2 N–H and O–H groups in total. The summed E-state index contributed by atoms with van der Waals surface area (Å²) in [7, 11) is 0. The first-order valence-electron chi connectivity index (χ1n) is 7.07. The highest BCUT2D eigenvalue weighted by Crippen LogP contribution is 2.16. The van der Waals surface area contributed by atoms with Gasteiger partial charge in [0.05, 0.1) is 12.7 Å². The first kappa shape index (κ1) is 16.3. The van der Waals surface area contributed by atoms with Gasteiger partial charge in [-0.25, -0.2) is 4.79 Å². The average Bonchev–Trinajstić information content (AvgIpc) is 2.45. The normalized spacial score (nSPS) is 10.5. The average molecular weight is 319 g/mol. The maximum Gasteiger partial charge on any atom is 0.323 e. The molecule has 0 saturated carbocycles. The summed E-state index contributed by atoms with van der Waals surface area (Å²) in [6.07, 6.45) is 0.169. The number of hydrogen-bond acceptors (Lipinski definition) is 2. The van der Waals surface area contributed by atoms with Gasteiger partial charge < -0.3 is 15.4 Å². The van der Waals surface area contributed by atoms with Crippen molar-refractivity contribution in [1.82, 2.24) is 0 Å². The van der Waals surface area contributed by atoms with Crippen molar-refractivity contribution >= 4 is 29.0 Å². The number of amides is 2. The predicted octanol–water partition coefficient (Wildman–Crippen LogP) is 4.91. The number of nitrogens with one attached hydrogen (secondary N) is 2. The molecular formula is C17H19ClN2O2. The minimum absolute atomic E-state index is 0.169. The Labute approximate surface area is 135 Å². The summed E-state index contributed by atoms with van der Waals surface area (Å²) in [4.78, 5) is 12.0. The Kier molecular flexibility index (Phi) is 5.81. The summed E-state index contributed by atoms with van der Waals surface area (Å²) in [6.45, 7) is 4.49. The summed E-state index contributed by atoms with van der Waals surface area (Å²) < 4.78 is 5.55. The van der Waals surface area contributed by atoms with E-state index in [0.717, 1.165) is 5.56 Å². The van der Waals surface area contributed by atoms with Crippen molar-refractivity contribution in [3.05, 3.63) is 59.1 Å². The van der Waals surface area contributed by atoms with Crippen LogP contribution in [-0.2, 0) is 11.3 Å². The molecule has 2 aromatic rings. The van der Waals surface area contributed by atoms with Crippen LogP contribution in [0, 0.1) is 0 Å². The van der Waals surface area contributed by atoms with Crippen molar-refractivity contribution in [2.45, 2.75) is 26.6 Å². The van der Waals surface area contributed by atoms with E-state index in [1.165, 1.54) is 0 Å². The molecule has 5 heteroatoms. The summed E-state index contributed by atoms with van der Waals surface area (Å²) in [5, 5.41) is 6.10. The molecule has 0 atom stereocenters. The highest BCUT2D eigenvalue weighted by Gasteiger charge is 2.04. The molecule has 0 aliphatic carbocycles. The molecule has 0 aromatic heterocycles. The maximum absolute atomic E-state index is 12.0. The monoisotopic (exact) mass is 318 g/mol. The number of carbonyl (C=O) groups excluding carboxylic acids is 1. The molecule has 0 saturated heterocycles. The molecular weight excluding hydrogens is 300 g/mol. The van der Waals surface area contributed by atoms with Crippen LogP contribution in [0.3, 0.4) is 0 Å². The summed E-state index contributed by atoms with van der Waals surface area (Å²) >= 11 is 5.88. The van der Waals surface area contributed by atoms with E-state index in [-0.39, 0.29) is 12.1 Å². The summed E-state index contributed by atoms with van der Waals surface area (Å²) in [5.74, 6) is 0. The number of rotatable bonds is 5. The summed E-state index contributed by atoms with van der Waals surface area (Å²) in [6, 6.07) is 14.2. The molecule has 22 heavy (non-hydrogen) atoms. The number of carbonyl (C=O) groups is 1. The van der Waals surface area contributed by atoms with Gasteiger partial charge in [0, 0.05) is 16.4 Å². The van der Waals surface area contributed by atoms with Crippen molar-refractivity contribution in [3.8, 4) is 0 Å². The molecule has 0 spiro atoms. The number of benzene rings is 2. The molecule has 2 rings (SSSR count). The van der Waals surface area contributed by atoms with E-state index in [9.17, 15) is 4.79 Å². The molecule has 4 nitrogen and oxygen atoms in total. The second kappa shape index (κ2) is 7.82. The molecule has 0 unspecified atom stereocenters. The fourth-order valence-electron chi connectivity index (χ4n) is 1.86. The van der Waals surface area contributed by atoms with Gasteiger partial charge in [0.1, 0.15) is 0 Å². The maximum atomic E-state index is 12.0. The lowest BCUT2D eigenvalue weighted by molar-refractivity contribution is 0.0657. The van der Waals surface area contributed by atoms with Gasteiger partial charge in [-0.15, -0.1) is 0 Å². The van der Waals surface area contributed by atoms with Crippen LogP contribution in [0.25, 0.3) is 0 Å². The Morgan fingerprint density at radius 2 is 1.73 bits per heavy atom. The molecule has 0 aliphatic rings. The number of ether oxygens (including phenoxy) is 1. The molecule has 116 valence electrons. The van der Waals surface area contributed by atoms with Crippen LogP contribution >= 0.6 is 11.6 Å². The lowest BCUT2D eigenvalue weighted by atomic mass is 10.2. The number of halogens is 1. The van der Waals surface area contributed by atoms with Gasteiger partial charge in [-0.1, -0.05) is 29.8 Å². The third kappa shape index (κ3) is 5.39. The van der Waals surface area contributed by atoms with E-state index in [2.05, 4.69) is 10.6 Å². The van der Waals surface area contributed by atoms with Crippen molar-refractivity contribution < 1.29 is 9.53 Å². The van der Waals surface area contributed by atoms with E-state index < -0.39 is 0 Å². The number of anilines is 2. The first-order valence-corrected chi connectivity index (χ1v) is 7.45. The van der Waals surface area contributed by atoms with Crippen molar-refractivity contribution in [2.24, 2.45) is 0 Å². The molecule has 0 aliphatic heterocycles.